The van der Waals surface area contributed by atoms with Crippen molar-refractivity contribution >= 4 is 0 Å². The zero-order valence-corrected chi connectivity index (χ0v) is 10.0. The van der Waals surface area contributed by atoms with Crippen LogP contribution in [-0.4, -0.2) is 27.4 Å². The highest BCUT2D eigenvalue weighted by molar-refractivity contribution is 5.18. The summed E-state index contributed by atoms with van der Waals surface area (Å²) in [4.78, 5) is 0. The second kappa shape index (κ2) is 4.97. The van der Waals surface area contributed by atoms with Gasteiger partial charge in [0.1, 0.15) is 0 Å². The van der Waals surface area contributed by atoms with Crippen molar-refractivity contribution in [2.24, 2.45) is 0 Å². The number of H-pyrrole nitrogens is 1. The lowest BCUT2D eigenvalue weighted by molar-refractivity contribution is 0.114. The number of hydrogen-bond donors (Lipinski definition) is 3. The molecular formula is C12H21N3O. The summed E-state index contributed by atoms with van der Waals surface area (Å²) in [6.45, 7) is 4.22. The Labute approximate surface area is 96.5 Å². The van der Waals surface area contributed by atoms with Gasteiger partial charge in [-0.3, -0.25) is 5.10 Å². The van der Waals surface area contributed by atoms with Crippen molar-refractivity contribution in [3.63, 3.8) is 0 Å². The Hall–Kier alpha value is -0.870. The monoisotopic (exact) mass is 223 g/mol. The minimum Gasteiger partial charge on any atom is -0.393 e. The Morgan fingerprint density at radius 1 is 1.44 bits per heavy atom. The molecule has 1 heterocycles. The van der Waals surface area contributed by atoms with E-state index in [1.54, 1.807) is 0 Å². The first-order chi connectivity index (χ1) is 7.66. The average molecular weight is 223 g/mol. The van der Waals surface area contributed by atoms with E-state index >= 15 is 0 Å². The van der Waals surface area contributed by atoms with Gasteiger partial charge in [0.25, 0.3) is 0 Å². The van der Waals surface area contributed by atoms with Crippen LogP contribution in [-0.2, 0) is 0 Å². The molecule has 4 nitrogen and oxygen atoms in total. The molecule has 1 aromatic heterocycles. The third kappa shape index (κ3) is 2.62. The molecule has 0 saturated heterocycles. The van der Waals surface area contributed by atoms with Crippen LogP contribution in [0.4, 0.5) is 0 Å². The summed E-state index contributed by atoms with van der Waals surface area (Å²) in [5.41, 5.74) is 2.38. The Balaban J connectivity index is 1.88. The van der Waals surface area contributed by atoms with E-state index in [9.17, 15) is 5.11 Å². The highest BCUT2D eigenvalue weighted by Crippen LogP contribution is 2.22. The van der Waals surface area contributed by atoms with Gasteiger partial charge >= 0.3 is 0 Å². The first kappa shape index (κ1) is 11.6. The average Bonchev–Trinajstić information content (AvgIpc) is 2.68. The first-order valence-corrected chi connectivity index (χ1v) is 6.11. The maximum Gasteiger partial charge on any atom is 0.0541 e. The molecule has 0 bridgehead atoms. The van der Waals surface area contributed by atoms with Crippen molar-refractivity contribution in [1.82, 2.24) is 15.5 Å². The molecule has 1 fully saturated rings. The highest BCUT2D eigenvalue weighted by Gasteiger charge is 2.21. The fourth-order valence-electron chi connectivity index (χ4n) is 2.48. The molecule has 1 aliphatic carbocycles. The SMILES string of the molecule is Cc1[nH]ncc1C(C)NC1CCC(O)CC1. The number of aryl methyl sites for hydroxylation is 1. The lowest BCUT2D eigenvalue weighted by Crippen LogP contribution is -2.36. The largest absolute Gasteiger partial charge is 0.393 e. The number of nitrogens with zero attached hydrogens (tertiary/aromatic N) is 1. The second-order valence-corrected chi connectivity index (χ2v) is 4.84. The zero-order valence-electron chi connectivity index (χ0n) is 10.0. The van der Waals surface area contributed by atoms with E-state index in [0.29, 0.717) is 12.1 Å². The number of hydrogen-bond acceptors (Lipinski definition) is 3. The van der Waals surface area contributed by atoms with E-state index in [4.69, 9.17) is 0 Å². The summed E-state index contributed by atoms with van der Waals surface area (Å²) >= 11 is 0. The van der Waals surface area contributed by atoms with Crippen LogP contribution in [0.1, 0.15) is 49.9 Å². The van der Waals surface area contributed by atoms with Gasteiger partial charge in [0.2, 0.25) is 0 Å². The predicted molar refractivity (Wildman–Crippen MR) is 63.1 cm³/mol. The van der Waals surface area contributed by atoms with E-state index in [1.807, 2.05) is 13.1 Å². The van der Waals surface area contributed by atoms with Gasteiger partial charge in [0.15, 0.2) is 0 Å². The third-order valence-electron chi connectivity index (χ3n) is 3.52. The molecule has 0 amide bonds. The Kier molecular flexibility index (Phi) is 3.61. The summed E-state index contributed by atoms with van der Waals surface area (Å²) in [5.74, 6) is 0. The Morgan fingerprint density at radius 2 is 2.12 bits per heavy atom. The molecule has 1 saturated carbocycles. The number of aliphatic hydroxyl groups excluding tert-OH is 1. The minimum atomic E-state index is -0.0796. The van der Waals surface area contributed by atoms with E-state index in [2.05, 4.69) is 22.4 Å². The second-order valence-electron chi connectivity index (χ2n) is 4.84. The molecule has 0 aromatic carbocycles. The minimum absolute atomic E-state index is 0.0796. The van der Waals surface area contributed by atoms with Crippen molar-refractivity contribution in [3.05, 3.63) is 17.5 Å². The number of aliphatic hydroxyl groups is 1. The van der Waals surface area contributed by atoms with E-state index < -0.39 is 0 Å². The van der Waals surface area contributed by atoms with Crippen LogP contribution >= 0.6 is 0 Å². The summed E-state index contributed by atoms with van der Waals surface area (Å²) < 4.78 is 0. The molecule has 3 N–H and O–H groups in total. The van der Waals surface area contributed by atoms with E-state index in [0.717, 1.165) is 31.4 Å². The van der Waals surface area contributed by atoms with E-state index in [-0.39, 0.29) is 6.10 Å². The fourth-order valence-corrected chi connectivity index (χ4v) is 2.48. The molecule has 1 aromatic rings. The molecule has 4 heteroatoms. The quantitative estimate of drug-likeness (QED) is 0.730. The summed E-state index contributed by atoms with van der Waals surface area (Å²) in [6.07, 6.45) is 5.81. The van der Waals surface area contributed by atoms with Crippen LogP contribution in [0, 0.1) is 6.92 Å². The maximum absolute atomic E-state index is 9.45. The zero-order chi connectivity index (χ0) is 11.5. The van der Waals surface area contributed by atoms with Crippen LogP contribution in [0.3, 0.4) is 0 Å². The van der Waals surface area contributed by atoms with Crippen LogP contribution in [0.15, 0.2) is 6.20 Å². The maximum atomic E-state index is 9.45. The number of nitrogens with one attached hydrogen (secondary N) is 2. The molecule has 2 rings (SSSR count). The summed E-state index contributed by atoms with van der Waals surface area (Å²) in [5, 5.41) is 20.1. The van der Waals surface area contributed by atoms with Gasteiger partial charge in [-0.25, -0.2) is 0 Å². The molecule has 1 atom stereocenters. The van der Waals surface area contributed by atoms with Gasteiger partial charge in [0, 0.05) is 23.3 Å². The molecule has 1 unspecified atom stereocenters. The fraction of sp³-hybridized carbons (Fsp3) is 0.750. The van der Waals surface area contributed by atoms with Crippen molar-refractivity contribution in [2.75, 3.05) is 0 Å². The Bertz CT molecular complexity index is 329. The topological polar surface area (TPSA) is 60.9 Å². The van der Waals surface area contributed by atoms with Crippen LogP contribution in [0.2, 0.25) is 0 Å². The van der Waals surface area contributed by atoms with Crippen molar-refractivity contribution in [3.8, 4) is 0 Å². The smallest absolute Gasteiger partial charge is 0.0541 e. The lowest BCUT2D eigenvalue weighted by Gasteiger charge is -2.29. The van der Waals surface area contributed by atoms with Crippen molar-refractivity contribution < 1.29 is 5.11 Å². The van der Waals surface area contributed by atoms with Crippen LogP contribution in [0.25, 0.3) is 0 Å². The summed E-state index contributed by atoms with van der Waals surface area (Å²) in [7, 11) is 0. The molecule has 90 valence electrons. The van der Waals surface area contributed by atoms with Crippen LogP contribution in [0.5, 0.6) is 0 Å². The van der Waals surface area contributed by atoms with Crippen molar-refractivity contribution in [2.45, 2.75) is 57.7 Å². The van der Waals surface area contributed by atoms with E-state index in [1.165, 1.54) is 5.56 Å². The normalized spacial score (nSPS) is 27.9. The molecule has 0 aliphatic heterocycles. The molecule has 1 aliphatic rings. The van der Waals surface area contributed by atoms with Gasteiger partial charge in [-0.2, -0.15) is 5.10 Å². The Morgan fingerprint density at radius 3 is 2.69 bits per heavy atom. The third-order valence-corrected chi connectivity index (χ3v) is 3.52. The van der Waals surface area contributed by atoms with Gasteiger partial charge < -0.3 is 10.4 Å². The predicted octanol–water partition coefficient (Wildman–Crippen LogP) is 1.67. The van der Waals surface area contributed by atoms with Gasteiger partial charge in [-0.1, -0.05) is 0 Å². The lowest BCUT2D eigenvalue weighted by atomic mass is 9.92. The van der Waals surface area contributed by atoms with Crippen LogP contribution < -0.4 is 5.32 Å². The molecular weight excluding hydrogens is 202 g/mol. The molecule has 0 radical (unpaired) electrons. The van der Waals surface area contributed by atoms with Gasteiger partial charge in [0.05, 0.1) is 12.3 Å². The van der Waals surface area contributed by atoms with Crippen molar-refractivity contribution in [1.29, 1.82) is 0 Å². The summed E-state index contributed by atoms with van der Waals surface area (Å²) in [6, 6.07) is 0.867. The van der Waals surface area contributed by atoms with Gasteiger partial charge in [-0.05, 0) is 39.5 Å². The number of rotatable bonds is 3. The number of aromatic amines is 1. The van der Waals surface area contributed by atoms with Gasteiger partial charge in [-0.15, -0.1) is 0 Å². The standard InChI is InChI=1S/C12H21N3O/c1-8(12-7-13-15-9(12)2)14-10-3-5-11(16)6-4-10/h7-8,10-11,14,16H,3-6H2,1-2H3,(H,13,15). The highest BCUT2D eigenvalue weighted by atomic mass is 16.3. The molecule has 0 spiro atoms. The first-order valence-electron chi connectivity index (χ1n) is 6.11. The molecule has 16 heavy (non-hydrogen) atoms. The number of aromatic nitrogens is 2.